The Morgan fingerprint density at radius 1 is 0.688 bits per heavy atom. The second-order valence-electron chi connectivity index (χ2n) is 5.88. The fraction of sp³-hybridized carbons (Fsp3) is 0.571. The molecule has 0 saturated carbocycles. The predicted molar refractivity (Wildman–Crippen MR) is 76.6 cm³/mol. The Morgan fingerprint density at radius 3 is 1.25 bits per heavy atom. The van der Waals surface area contributed by atoms with Gasteiger partial charge in [-0.2, -0.15) is 0 Å². The normalized spacial score (nSPS) is 12.9. The molecule has 0 unspecified atom stereocenters. The Bertz CT molecular complexity index is 307. The molecular weight excluding hydrogens is 326 g/mol. The van der Waals surface area contributed by atoms with E-state index >= 15 is 0 Å². The van der Waals surface area contributed by atoms with E-state index in [2.05, 4.69) is 65.8 Å². The molecule has 0 heterocycles. The Hall–Kier alpha value is 0.259. The van der Waals surface area contributed by atoms with Gasteiger partial charge in [-0.1, -0.05) is 0 Å². The molecular formula is C14H22Se2. The molecule has 0 aliphatic rings. The molecule has 0 N–H and O–H groups in total. The SMILES string of the molecule is CC(C)(C)[Se]c1ccccc1[Se]C(C)(C)C. The summed E-state index contributed by atoms with van der Waals surface area (Å²) < 4.78 is 4.10. The van der Waals surface area contributed by atoms with Crippen molar-refractivity contribution >= 4 is 38.8 Å². The van der Waals surface area contributed by atoms with Gasteiger partial charge in [-0.05, 0) is 0 Å². The molecule has 0 amide bonds. The number of rotatable bonds is 2. The van der Waals surface area contributed by atoms with Crippen molar-refractivity contribution in [1.29, 1.82) is 0 Å². The van der Waals surface area contributed by atoms with Crippen LogP contribution in [0.5, 0.6) is 0 Å². The minimum atomic E-state index is 0.442. The van der Waals surface area contributed by atoms with Crippen LogP contribution in [-0.4, -0.2) is 29.9 Å². The summed E-state index contributed by atoms with van der Waals surface area (Å²) in [6.07, 6.45) is 0. The molecule has 0 saturated heterocycles. The molecule has 90 valence electrons. The quantitative estimate of drug-likeness (QED) is 0.721. The second kappa shape index (κ2) is 5.27. The Labute approximate surface area is 113 Å². The average Bonchev–Trinajstić information content (AvgIpc) is 2.03. The third kappa shape index (κ3) is 5.55. The van der Waals surface area contributed by atoms with E-state index in [9.17, 15) is 0 Å². The second-order valence-corrected chi connectivity index (χ2v) is 13.7. The molecule has 0 aliphatic carbocycles. The summed E-state index contributed by atoms with van der Waals surface area (Å²) in [4.78, 5) is 0. The van der Waals surface area contributed by atoms with Gasteiger partial charge in [0.2, 0.25) is 0 Å². The summed E-state index contributed by atoms with van der Waals surface area (Å²) in [6, 6.07) is 9.03. The van der Waals surface area contributed by atoms with E-state index in [0.717, 1.165) is 0 Å². The standard InChI is InChI=1S/C14H22Se2/c1-13(2,3)15-11-9-7-8-10-12(11)16-14(4,5)6/h7-10H,1-6H3. The monoisotopic (exact) mass is 350 g/mol. The van der Waals surface area contributed by atoms with Crippen molar-refractivity contribution in [3.8, 4) is 0 Å². The molecule has 0 aromatic heterocycles. The average molecular weight is 348 g/mol. The number of benzene rings is 1. The first-order chi connectivity index (χ1) is 7.17. The summed E-state index contributed by atoms with van der Waals surface area (Å²) in [5.41, 5.74) is 0. The minimum absolute atomic E-state index is 0.442. The Balaban J connectivity index is 2.92. The van der Waals surface area contributed by atoms with E-state index in [1.54, 1.807) is 8.92 Å². The van der Waals surface area contributed by atoms with E-state index in [0.29, 0.717) is 38.5 Å². The summed E-state index contributed by atoms with van der Waals surface area (Å²) in [5.74, 6) is 0. The van der Waals surface area contributed by atoms with Crippen LogP contribution in [0.25, 0.3) is 0 Å². The molecule has 0 atom stereocenters. The molecule has 1 aromatic carbocycles. The molecule has 0 nitrogen and oxygen atoms in total. The zero-order valence-electron chi connectivity index (χ0n) is 11.1. The van der Waals surface area contributed by atoms with Crippen LogP contribution >= 0.6 is 0 Å². The van der Waals surface area contributed by atoms with Crippen LogP contribution in [0.3, 0.4) is 0 Å². The Kier molecular flexibility index (Phi) is 4.72. The van der Waals surface area contributed by atoms with Crippen LogP contribution in [0.4, 0.5) is 0 Å². The zero-order chi connectivity index (χ0) is 12.4. The molecule has 1 rings (SSSR count). The molecule has 16 heavy (non-hydrogen) atoms. The van der Waals surface area contributed by atoms with Gasteiger partial charge >= 0.3 is 113 Å². The molecule has 1 aromatic rings. The molecule has 2 heteroatoms. The zero-order valence-corrected chi connectivity index (χ0v) is 14.6. The summed E-state index contributed by atoms with van der Waals surface area (Å²) in [6.45, 7) is 14.0. The molecule has 0 bridgehead atoms. The maximum atomic E-state index is 2.34. The van der Waals surface area contributed by atoms with Gasteiger partial charge < -0.3 is 0 Å². The van der Waals surface area contributed by atoms with E-state index in [1.807, 2.05) is 0 Å². The van der Waals surface area contributed by atoms with Gasteiger partial charge in [0.25, 0.3) is 0 Å². The first-order valence-electron chi connectivity index (χ1n) is 5.64. The van der Waals surface area contributed by atoms with Gasteiger partial charge in [-0.15, -0.1) is 0 Å². The molecule has 0 aliphatic heterocycles. The third-order valence-electron chi connectivity index (χ3n) is 1.68. The van der Waals surface area contributed by atoms with Crippen molar-refractivity contribution in [2.24, 2.45) is 0 Å². The van der Waals surface area contributed by atoms with E-state index in [1.165, 1.54) is 0 Å². The van der Waals surface area contributed by atoms with Crippen molar-refractivity contribution in [2.45, 2.75) is 50.2 Å². The first kappa shape index (κ1) is 14.3. The van der Waals surface area contributed by atoms with Crippen molar-refractivity contribution in [1.82, 2.24) is 0 Å². The van der Waals surface area contributed by atoms with Gasteiger partial charge in [0.15, 0.2) is 0 Å². The van der Waals surface area contributed by atoms with Gasteiger partial charge in [0, 0.05) is 0 Å². The molecule has 0 radical (unpaired) electrons. The van der Waals surface area contributed by atoms with Gasteiger partial charge in [-0.25, -0.2) is 0 Å². The topological polar surface area (TPSA) is 0 Å². The van der Waals surface area contributed by atoms with Crippen LogP contribution in [-0.2, 0) is 0 Å². The Morgan fingerprint density at radius 2 is 1.00 bits per heavy atom. The van der Waals surface area contributed by atoms with Crippen LogP contribution in [0.2, 0.25) is 8.63 Å². The van der Waals surface area contributed by atoms with E-state index in [-0.39, 0.29) is 0 Å². The van der Waals surface area contributed by atoms with Crippen LogP contribution in [0, 0.1) is 0 Å². The molecule has 0 spiro atoms. The fourth-order valence-electron chi connectivity index (χ4n) is 1.28. The van der Waals surface area contributed by atoms with Gasteiger partial charge in [-0.3, -0.25) is 0 Å². The summed E-state index contributed by atoms with van der Waals surface area (Å²) in [7, 11) is 0. The van der Waals surface area contributed by atoms with Crippen LogP contribution < -0.4 is 8.92 Å². The first-order valence-corrected chi connectivity index (χ1v) is 9.07. The van der Waals surface area contributed by atoms with Crippen molar-refractivity contribution in [2.75, 3.05) is 0 Å². The van der Waals surface area contributed by atoms with Crippen molar-refractivity contribution < 1.29 is 0 Å². The molecule has 0 fully saturated rings. The van der Waals surface area contributed by atoms with Crippen molar-refractivity contribution in [3.05, 3.63) is 24.3 Å². The van der Waals surface area contributed by atoms with E-state index in [4.69, 9.17) is 0 Å². The summed E-state index contributed by atoms with van der Waals surface area (Å²) in [5, 5.41) is 0. The predicted octanol–water partition coefficient (Wildman–Crippen LogP) is 2.78. The van der Waals surface area contributed by atoms with Crippen LogP contribution in [0.1, 0.15) is 41.5 Å². The fourth-order valence-corrected chi connectivity index (χ4v) is 6.28. The van der Waals surface area contributed by atoms with Gasteiger partial charge in [0.1, 0.15) is 0 Å². The summed E-state index contributed by atoms with van der Waals surface area (Å²) >= 11 is 1.16. The number of hydrogen-bond acceptors (Lipinski definition) is 0. The van der Waals surface area contributed by atoms with Crippen molar-refractivity contribution in [3.63, 3.8) is 0 Å². The number of hydrogen-bond donors (Lipinski definition) is 0. The van der Waals surface area contributed by atoms with Gasteiger partial charge in [0.05, 0.1) is 0 Å². The van der Waals surface area contributed by atoms with E-state index < -0.39 is 0 Å². The third-order valence-corrected chi connectivity index (χ3v) is 7.32. The van der Waals surface area contributed by atoms with Crippen LogP contribution in [0.15, 0.2) is 24.3 Å². The maximum absolute atomic E-state index is 2.34.